The lowest BCUT2D eigenvalue weighted by atomic mass is 10.1. The molecule has 0 aliphatic heterocycles. The number of carbonyl (C=O) groups is 2. The third-order valence-electron chi connectivity index (χ3n) is 3.08. The van der Waals surface area contributed by atoms with Gasteiger partial charge in [0.25, 0.3) is 5.91 Å². The zero-order valence-electron chi connectivity index (χ0n) is 12.9. The van der Waals surface area contributed by atoms with Gasteiger partial charge in [-0.2, -0.15) is 0 Å². The molecule has 6 heteroatoms. The molecule has 1 aromatic rings. The predicted octanol–water partition coefficient (Wildman–Crippen LogP) is 1.31. The summed E-state index contributed by atoms with van der Waals surface area (Å²) in [6.45, 7) is 2.18. The first-order chi connectivity index (χ1) is 9.86. The summed E-state index contributed by atoms with van der Waals surface area (Å²) < 4.78 is 18.2. The number of rotatable bonds is 6. The van der Waals surface area contributed by atoms with E-state index in [4.69, 9.17) is 4.74 Å². The van der Waals surface area contributed by atoms with Gasteiger partial charge in [0.2, 0.25) is 5.91 Å². The topological polar surface area (TPSA) is 49.9 Å². The van der Waals surface area contributed by atoms with E-state index in [0.29, 0.717) is 24.3 Å². The molecule has 5 nitrogen and oxygen atoms in total. The second-order valence-corrected chi connectivity index (χ2v) is 4.97. The third-order valence-corrected chi connectivity index (χ3v) is 3.08. The Morgan fingerprint density at radius 2 is 1.95 bits per heavy atom. The standard InChI is InChI=1S/C15H21FN2O3/c1-11-9-12(5-6-13(11)16)15(20)18(7-8-21-4)10-14(19)17(2)3/h5-6,9H,7-8,10H2,1-4H3. The van der Waals surface area contributed by atoms with Crippen LogP contribution in [0.3, 0.4) is 0 Å². The highest BCUT2D eigenvalue weighted by Crippen LogP contribution is 2.12. The molecular formula is C15H21FN2O3. The Morgan fingerprint density at radius 3 is 2.48 bits per heavy atom. The fourth-order valence-electron chi connectivity index (χ4n) is 1.72. The zero-order chi connectivity index (χ0) is 16.0. The maximum atomic E-state index is 13.3. The van der Waals surface area contributed by atoms with Gasteiger partial charge in [0.05, 0.1) is 6.61 Å². The van der Waals surface area contributed by atoms with Crippen LogP contribution < -0.4 is 0 Å². The zero-order valence-corrected chi connectivity index (χ0v) is 12.9. The molecule has 0 atom stereocenters. The summed E-state index contributed by atoms with van der Waals surface area (Å²) in [6.07, 6.45) is 0. The Bertz CT molecular complexity index is 518. The van der Waals surface area contributed by atoms with Gasteiger partial charge >= 0.3 is 0 Å². The predicted molar refractivity (Wildman–Crippen MR) is 77.6 cm³/mol. The molecule has 0 radical (unpaired) electrons. The molecule has 1 aromatic carbocycles. The summed E-state index contributed by atoms with van der Waals surface area (Å²) >= 11 is 0. The van der Waals surface area contributed by atoms with E-state index in [2.05, 4.69) is 0 Å². The van der Waals surface area contributed by atoms with Crippen LogP contribution in [-0.2, 0) is 9.53 Å². The van der Waals surface area contributed by atoms with Crippen LogP contribution in [0.2, 0.25) is 0 Å². The number of carbonyl (C=O) groups excluding carboxylic acids is 2. The molecule has 0 N–H and O–H groups in total. The maximum absolute atomic E-state index is 13.3. The van der Waals surface area contributed by atoms with E-state index in [9.17, 15) is 14.0 Å². The summed E-state index contributed by atoms with van der Waals surface area (Å²) in [4.78, 5) is 27.1. The number of methoxy groups -OCH3 is 1. The van der Waals surface area contributed by atoms with Crippen LogP contribution in [0.15, 0.2) is 18.2 Å². The van der Waals surface area contributed by atoms with Gasteiger partial charge in [-0.25, -0.2) is 4.39 Å². The highest BCUT2D eigenvalue weighted by molar-refractivity contribution is 5.96. The van der Waals surface area contributed by atoms with Crippen LogP contribution in [0.1, 0.15) is 15.9 Å². The van der Waals surface area contributed by atoms with E-state index in [-0.39, 0.29) is 24.2 Å². The van der Waals surface area contributed by atoms with Gasteiger partial charge in [0, 0.05) is 33.3 Å². The number of ether oxygens (including phenoxy) is 1. The first-order valence-electron chi connectivity index (χ1n) is 6.61. The maximum Gasteiger partial charge on any atom is 0.254 e. The first-order valence-corrected chi connectivity index (χ1v) is 6.61. The lowest BCUT2D eigenvalue weighted by Crippen LogP contribution is -2.41. The second-order valence-electron chi connectivity index (χ2n) is 4.97. The van der Waals surface area contributed by atoms with Crippen molar-refractivity contribution in [3.05, 3.63) is 35.1 Å². The molecular weight excluding hydrogens is 275 g/mol. The van der Waals surface area contributed by atoms with Gasteiger partial charge in [-0.15, -0.1) is 0 Å². The summed E-state index contributed by atoms with van der Waals surface area (Å²) in [5, 5.41) is 0. The molecule has 0 saturated carbocycles. The normalized spacial score (nSPS) is 10.3. The van der Waals surface area contributed by atoms with E-state index in [1.165, 1.54) is 35.1 Å². The highest BCUT2D eigenvalue weighted by atomic mass is 19.1. The molecule has 116 valence electrons. The molecule has 2 amide bonds. The molecule has 0 aliphatic carbocycles. The van der Waals surface area contributed by atoms with Gasteiger partial charge in [-0.05, 0) is 30.7 Å². The molecule has 0 saturated heterocycles. The van der Waals surface area contributed by atoms with Crippen molar-refractivity contribution in [2.24, 2.45) is 0 Å². The molecule has 0 spiro atoms. The summed E-state index contributed by atoms with van der Waals surface area (Å²) in [5.41, 5.74) is 0.753. The van der Waals surface area contributed by atoms with Crippen molar-refractivity contribution in [2.45, 2.75) is 6.92 Å². The Balaban J connectivity index is 2.92. The summed E-state index contributed by atoms with van der Waals surface area (Å²) in [5.74, 6) is -0.858. The van der Waals surface area contributed by atoms with E-state index in [1.54, 1.807) is 21.0 Å². The van der Waals surface area contributed by atoms with Crippen molar-refractivity contribution >= 4 is 11.8 Å². The minimum Gasteiger partial charge on any atom is -0.383 e. The number of aryl methyl sites for hydroxylation is 1. The Hall–Kier alpha value is -1.95. The van der Waals surface area contributed by atoms with Crippen LogP contribution in [0, 0.1) is 12.7 Å². The first kappa shape index (κ1) is 17.1. The lowest BCUT2D eigenvalue weighted by Gasteiger charge is -2.23. The monoisotopic (exact) mass is 296 g/mol. The van der Waals surface area contributed by atoms with Crippen molar-refractivity contribution in [3.8, 4) is 0 Å². The number of hydrogen-bond donors (Lipinski definition) is 0. The third kappa shape index (κ3) is 4.82. The number of benzene rings is 1. The fourth-order valence-corrected chi connectivity index (χ4v) is 1.72. The number of amides is 2. The molecule has 0 fully saturated rings. The van der Waals surface area contributed by atoms with Gasteiger partial charge in [-0.1, -0.05) is 0 Å². The summed E-state index contributed by atoms with van der Waals surface area (Å²) in [6, 6.07) is 4.16. The molecule has 21 heavy (non-hydrogen) atoms. The number of hydrogen-bond acceptors (Lipinski definition) is 3. The van der Waals surface area contributed by atoms with Crippen molar-refractivity contribution in [2.75, 3.05) is 40.9 Å². The molecule has 0 aromatic heterocycles. The largest absolute Gasteiger partial charge is 0.383 e. The average Bonchev–Trinajstić information content (AvgIpc) is 2.45. The van der Waals surface area contributed by atoms with Crippen LogP contribution in [0.4, 0.5) is 4.39 Å². The Labute approximate surface area is 124 Å². The van der Waals surface area contributed by atoms with E-state index in [1.807, 2.05) is 0 Å². The Kier molecular flexibility index (Phi) is 6.30. The van der Waals surface area contributed by atoms with E-state index >= 15 is 0 Å². The number of nitrogens with zero attached hydrogens (tertiary/aromatic N) is 2. The van der Waals surface area contributed by atoms with Crippen molar-refractivity contribution in [1.29, 1.82) is 0 Å². The molecule has 0 unspecified atom stereocenters. The summed E-state index contributed by atoms with van der Waals surface area (Å²) in [7, 11) is 4.78. The van der Waals surface area contributed by atoms with Crippen molar-refractivity contribution in [1.82, 2.24) is 9.80 Å². The smallest absolute Gasteiger partial charge is 0.254 e. The number of likely N-dealkylation sites (N-methyl/N-ethyl adjacent to an activating group) is 1. The van der Waals surface area contributed by atoms with Crippen molar-refractivity contribution < 1.29 is 18.7 Å². The van der Waals surface area contributed by atoms with Crippen LogP contribution in [0.25, 0.3) is 0 Å². The minimum atomic E-state index is -0.362. The van der Waals surface area contributed by atoms with Gasteiger partial charge in [0.1, 0.15) is 12.4 Å². The molecule has 0 bridgehead atoms. The second kappa shape index (κ2) is 7.73. The van der Waals surface area contributed by atoms with E-state index in [0.717, 1.165) is 0 Å². The molecule has 0 aliphatic rings. The lowest BCUT2D eigenvalue weighted by molar-refractivity contribution is -0.129. The average molecular weight is 296 g/mol. The van der Waals surface area contributed by atoms with Gasteiger partial charge in [0.15, 0.2) is 0 Å². The SMILES string of the molecule is COCCN(CC(=O)N(C)C)C(=O)c1ccc(F)c(C)c1. The quantitative estimate of drug-likeness (QED) is 0.795. The number of halogens is 1. The van der Waals surface area contributed by atoms with Crippen molar-refractivity contribution in [3.63, 3.8) is 0 Å². The van der Waals surface area contributed by atoms with E-state index < -0.39 is 0 Å². The fraction of sp³-hybridized carbons (Fsp3) is 0.467. The molecule has 0 heterocycles. The van der Waals surface area contributed by atoms with Crippen LogP contribution in [-0.4, -0.2) is 62.5 Å². The van der Waals surface area contributed by atoms with Crippen LogP contribution in [0.5, 0.6) is 0 Å². The minimum absolute atomic E-state index is 0.0361. The van der Waals surface area contributed by atoms with Gasteiger partial charge < -0.3 is 14.5 Å². The molecule has 1 rings (SSSR count). The highest BCUT2D eigenvalue weighted by Gasteiger charge is 2.20. The van der Waals surface area contributed by atoms with Gasteiger partial charge in [-0.3, -0.25) is 9.59 Å². The van der Waals surface area contributed by atoms with Crippen LogP contribution >= 0.6 is 0 Å². The Morgan fingerprint density at radius 1 is 1.29 bits per heavy atom.